The molecule has 0 spiro atoms. The van der Waals surface area contributed by atoms with Crippen molar-refractivity contribution in [3.8, 4) is 17.6 Å². The van der Waals surface area contributed by atoms with E-state index in [2.05, 4.69) is 38.4 Å². The van der Waals surface area contributed by atoms with Gasteiger partial charge in [0, 0.05) is 19.2 Å². The maximum absolute atomic E-state index is 11.9. The van der Waals surface area contributed by atoms with E-state index in [4.69, 9.17) is 14.2 Å². The second kappa shape index (κ2) is 9.80. The summed E-state index contributed by atoms with van der Waals surface area (Å²) in [6.07, 6.45) is 5.32. The predicted octanol–water partition coefficient (Wildman–Crippen LogP) is 3.82. The van der Waals surface area contributed by atoms with Crippen LogP contribution in [0.3, 0.4) is 0 Å². The van der Waals surface area contributed by atoms with E-state index in [9.17, 15) is 4.79 Å². The smallest absolute Gasteiger partial charge is 0.341 e. The van der Waals surface area contributed by atoms with Gasteiger partial charge < -0.3 is 14.2 Å². The van der Waals surface area contributed by atoms with Gasteiger partial charge in [-0.3, -0.25) is 4.68 Å². The topological polar surface area (TPSA) is 106 Å². The first kappa shape index (κ1) is 22.3. The molecule has 0 amide bonds. The van der Waals surface area contributed by atoms with E-state index in [1.165, 1.54) is 22.5 Å². The highest BCUT2D eigenvalue weighted by Crippen LogP contribution is 2.24. The van der Waals surface area contributed by atoms with Crippen molar-refractivity contribution in [1.82, 2.24) is 29.5 Å². The predicted molar refractivity (Wildman–Crippen MR) is 129 cm³/mol. The molecule has 0 fully saturated rings. The Hall–Kier alpha value is -4.47. The molecule has 0 saturated carbocycles. The summed E-state index contributed by atoms with van der Waals surface area (Å²) >= 11 is 0. The van der Waals surface area contributed by atoms with Crippen molar-refractivity contribution in [3.05, 3.63) is 66.6 Å². The second-order valence-electron chi connectivity index (χ2n) is 7.74. The van der Waals surface area contributed by atoms with Gasteiger partial charge in [-0.25, -0.2) is 14.5 Å². The van der Waals surface area contributed by atoms with Crippen LogP contribution in [0.4, 0.5) is 0 Å². The van der Waals surface area contributed by atoms with Crippen LogP contribution in [-0.2, 0) is 11.3 Å². The number of esters is 1. The molecule has 0 aliphatic carbocycles. The van der Waals surface area contributed by atoms with Crippen LogP contribution in [0.25, 0.3) is 27.8 Å². The minimum atomic E-state index is -0.453. The fraction of sp³-hybridized carbons (Fsp3) is 0.240. The first-order chi connectivity index (χ1) is 17.2. The van der Waals surface area contributed by atoms with Gasteiger partial charge in [-0.1, -0.05) is 30.3 Å². The number of ether oxygens (including phenoxy) is 3. The Labute approximate surface area is 201 Å². The summed E-state index contributed by atoms with van der Waals surface area (Å²) in [5.41, 5.74) is 1.60. The van der Waals surface area contributed by atoms with Crippen LogP contribution in [-0.4, -0.2) is 55.8 Å². The number of methoxy groups -OCH3 is 1. The monoisotopic (exact) mass is 472 g/mol. The van der Waals surface area contributed by atoms with Crippen molar-refractivity contribution in [3.63, 3.8) is 0 Å². The number of fused-ring (bicyclic) bond motifs is 2. The van der Waals surface area contributed by atoms with Crippen LogP contribution < -0.4 is 9.47 Å². The number of carbonyl (C=O) groups excluding carboxylic acids is 1. The third-order valence-corrected chi connectivity index (χ3v) is 5.44. The van der Waals surface area contributed by atoms with E-state index in [0.717, 1.165) is 17.6 Å². The number of nitrogens with zero attached hydrogens (tertiary/aromatic N) is 6. The molecule has 0 radical (unpaired) electrons. The lowest BCUT2D eigenvalue weighted by Crippen LogP contribution is -2.08. The number of aryl methyl sites for hydroxylation is 1. The summed E-state index contributed by atoms with van der Waals surface area (Å²) in [4.78, 5) is 20.9. The first-order valence-corrected chi connectivity index (χ1v) is 11.3. The van der Waals surface area contributed by atoms with Crippen molar-refractivity contribution in [2.45, 2.75) is 19.9 Å². The van der Waals surface area contributed by atoms with Gasteiger partial charge in [0.15, 0.2) is 0 Å². The summed E-state index contributed by atoms with van der Waals surface area (Å²) in [5, 5.41) is 11.0. The average molecular weight is 473 g/mol. The fourth-order valence-corrected chi connectivity index (χ4v) is 3.78. The molecule has 3 aromatic heterocycles. The highest BCUT2D eigenvalue weighted by molar-refractivity contribution is 5.89. The van der Waals surface area contributed by atoms with Crippen molar-refractivity contribution in [2.24, 2.45) is 0 Å². The molecule has 0 N–H and O–H groups in total. The molecule has 178 valence electrons. The number of hydrogen-bond acceptors (Lipinski definition) is 8. The molecule has 10 heteroatoms. The van der Waals surface area contributed by atoms with Gasteiger partial charge in [0.05, 0.1) is 38.3 Å². The van der Waals surface area contributed by atoms with E-state index in [1.807, 2.05) is 24.3 Å². The molecule has 0 saturated heterocycles. The summed E-state index contributed by atoms with van der Waals surface area (Å²) in [6.45, 7) is 3.17. The molecule has 5 aromatic rings. The van der Waals surface area contributed by atoms with Crippen molar-refractivity contribution in [2.75, 3.05) is 20.3 Å². The van der Waals surface area contributed by atoms with Gasteiger partial charge >= 0.3 is 5.97 Å². The minimum absolute atomic E-state index is 0.268. The maximum atomic E-state index is 11.9. The maximum Gasteiger partial charge on any atom is 0.341 e. The Morgan fingerprint density at radius 3 is 2.71 bits per heavy atom. The Morgan fingerprint density at radius 2 is 1.89 bits per heavy atom. The van der Waals surface area contributed by atoms with E-state index < -0.39 is 5.97 Å². The van der Waals surface area contributed by atoms with Gasteiger partial charge in [0.1, 0.15) is 16.8 Å². The van der Waals surface area contributed by atoms with Gasteiger partial charge in [-0.2, -0.15) is 15.2 Å². The summed E-state index contributed by atoms with van der Waals surface area (Å²) < 4.78 is 19.7. The zero-order valence-electron chi connectivity index (χ0n) is 19.4. The molecular formula is C25H24N6O4. The molecular weight excluding hydrogens is 448 g/mol. The molecule has 5 rings (SSSR count). The largest absolute Gasteiger partial charge is 0.494 e. The lowest BCUT2D eigenvalue weighted by Gasteiger charge is -2.09. The highest BCUT2D eigenvalue weighted by Gasteiger charge is 2.17. The molecule has 2 aromatic carbocycles. The molecule has 3 heterocycles. The van der Waals surface area contributed by atoms with Crippen LogP contribution in [0.15, 0.2) is 61.1 Å². The standard InChI is InChI=1S/C25H24N6O4/c1-3-34-24(32)19-14-26-31(16-19)25-28-21-15-27-30(22(21)23(29-25)33-2)11-6-12-35-20-10-9-17-7-4-5-8-18(17)13-20/h4-5,7-10,13-16H,3,6,11-12H2,1-2H3. The number of benzene rings is 2. The number of hydrogen-bond donors (Lipinski definition) is 0. The van der Waals surface area contributed by atoms with Crippen molar-refractivity contribution >= 4 is 27.8 Å². The van der Waals surface area contributed by atoms with E-state index >= 15 is 0 Å². The van der Waals surface area contributed by atoms with Crippen LogP contribution in [0.2, 0.25) is 0 Å². The van der Waals surface area contributed by atoms with Crippen LogP contribution >= 0.6 is 0 Å². The number of carbonyl (C=O) groups is 1. The van der Waals surface area contributed by atoms with Crippen molar-refractivity contribution < 1.29 is 19.0 Å². The molecule has 0 aliphatic rings. The molecule has 0 aliphatic heterocycles. The lowest BCUT2D eigenvalue weighted by atomic mass is 10.1. The van der Waals surface area contributed by atoms with E-state index in [-0.39, 0.29) is 12.6 Å². The normalized spacial score (nSPS) is 11.1. The van der Waals surface area contributed by atoms with Gasteiger partial charge in [-0.05, 0) is 29.8 Å². The zero-order valence-corrected chi connectivity index (χ0v) is 19.4. The Bertz CT molecular complexity index is 1490. The minimum Gasteiger partial charge on any atom is -0.494 e. The Balaban J connectivity index is 1.29. The fourth-order valence-electron chi connectivity index (χ4n) is 3.78. The molecule has 0 bridgehead atoms. The average Bonchev–Trinajstić information content (AvgIpc) is 3.54. The van der Waals surface area contributed by atoms with Gasteiger partial charge in [-0.15, -0.1) is 0 Å². The van der Waals surface area contributed by atoms with Crippen LogP contribution in [0.1, 0.15) is 23.7 Å². The summed E-state index contributed by atoms with van der Waals surface area (Å²) in [7, 11) is 1.54. The van der Waals surface area contributed by atoms with Crippen LogP contribution in [0, 0.1) is 0 Å². The Kier molecular flexibility index (Phi) is 6.25. The SMILES string of the molecule is CCOC(=O)c1cnn(-c2nc(OC)c3c(cnn3CCCOc3ccc4ccccc4c3)n2)c1. The van der Waals surface area contributed by atoms with Crippen LogP contribution in [0.5, 0.6) is 11.6 Å². The highest BCUT2D eigenvalue weighted by atomic mass is 16.5. The quantitative estimate of drug-likeness (QED) is 0.235. The molecule has 0 atom stereocenters. The summed E-state index contributed by atoms with van der Waals surface area (Å²) in [5.74, 6) is 1.02. The third kappa shape index (κ3) is 4.63. The molecule has 35 heavy (non-hydrogen) atoms. The summed E-state index contributed by atoms with van der Waals surface area (Å²) in [6, 6.07) is 14.3. The van der Waals surface area contributed by atoms with Crippen molar-refractivity contribution in [1.29, 1.82) is 0 Å². The molecule has 0 unspecified atom stereocenters. The van der Waals surface area contributed by atoms with Gasteiger partial charge in [0.2, 0.25) is 5.88 Å². The number of rotatable bonds is 9. The van der Waals surface area contributed by atoms with E-state index in [1.54, 1.807) is 24.9 Å². The zero-order chi connectivity index (χ0) is 24.2. The third-order valence-electron chi connectivity index (χ3n) is 5.44. The van der Waals surface area contributed by atoms with Gasteiger partial charge in [0.25, 0.3) is 5.95 Å². The lowest BCUT2D eigenvalue weighted by molar-refractivity contribution is 0.0526. The second-order valence-corrected chi connectivity index (χ2v) is 7.74. The first-order valence-electron chi connectivity index (χ1n) is 11.3. The Morgan fingerprint density at radius 1 is 1.03 bits per heavy atom. The van der Waals surface area contributed by atoms with E-state index in [0.29, 0.717) is 35.6 Å². The number of aromatic nitrogens is 6. The molecule has 10 nitrogen and oxygen atoms in total.